The van der Waals surface area contributed by atoms with Crippen molar-refractivity contribution in [3.63, 3.8) is 0 Å². The van der Waals surface area contributed by atoms with Crippen LogP contribution in [0.3, 0.4) is 0 Å². The van der Waals surface area contributed by atoms with E-state index in [0.717, 1.165) is 0 Å². The van der Waals surface area contributed by atoms with Crippen LogP contribution in [0.5, 0.6) is 0 Å². The Hall–Kier alpha value is -0.730. The molecular formula is C6H5AgN3O3S. The number of fused-ring (bicyclic) bond motifs is 1. The molecule has 0 saturated heterocycles. The Morgan fingerprint density at radius 3 is 2.71 bits per heavy atom. The third-order valence-electron chi connectivity index (χ3n) is 1.60. The molecular weight excluding hydrogens is 302 g/mol. The number of aromatic nitrogens is 3. The minimum absolute atomic E-state index is 0. The monoisotopic (exact) mass is 306 g/mol. The SMILES string of the molecule is O=S(=O)(O)c1cccc2[nH]nnc12.[Ag]. The maximum atomic E-state index is 10.8. The molecule has 0 bridgehead atoms. The first kappa shape index (κ1) is 11.3. The largest absolute Gasteiger partial charge is 0.296 e. The van der Waals surface area contributed by atoms with E-state index >= 15 is 0 Å². The van der Waals surface area contributed by atoms with Crippen LogP contribution in [0.2, 0.25) is 0 Å². The van der Waals surface area contributed by atoms with Crippen LogP contribution < -0.4 is 0 Å². The van der Waals surface area contributed by atoms with E-state index in [-0.39, 0.29) is 32.8 Å². The molecule has 1 aromatic heterocycles. The van der Waals surface area contributed by atoms with Crippen molar-refractivity contribution in [3.05, 3.63) is 18.2 Å². The normalized spacial score (nSPS) is 11.2. The topological polar surface area (TPSA) is 95.9 Å². The zero-order valence-corrected chi connectivity index (χ0v) is 8.90. The number of aromatic amines is 1. The minimum atomic E-state index is -4.22. The predicted molar refractivity (Wildman–Crippen MR) is 43.7 cm³/mol. The van der Waals surface area contributed by atoms with Crippen molar-refractivity contribution in [2.24, 2.45) is 0 Å². The fourth-order valence-corrected chi connectivity index (χ4v) is 1.70. The van der Waals surface area contributed by atoms with Gasteiger partial charge in [0.1, 0.15) is 10.4 Å². The van der Waals surface area contributed by atoms with Gasteiger partial charge in [-0.2, -0.15) is 8.42 Å². The Labute approximate surface area is 95.0 Å². The molecule has 2 N–H and O–H groups in total. The van der Waals surface area contributed by atoms with Gasteiger partial charge in [-0.3, -0.25) is 9.65 Å². The van der Waals surface area contributed by atoms with E-state index in [9.17, 15) is 8.42 Å². The van der Waals surface area contributed by atoms with Crippen molar-refractivity contribution in [2.45, 2.75) is 4.90 Å². The molecule has 0 amide bonds. The van der Waals surface area contributed by atoms with E-state index in [1.807, 2.05) is 0 Å². The first-order valence-electron chi connectivity index (χ1n) is 3.36. The van der Waals surface area contributed by atoms with Crippen molar-refractivity contribution in [2.75, 3.05) is 0 Å². The van der Waals surface area contributed by atoms with Crippen LogP contribution in [-0.4, -0.2) is 28.4 Å². The fraction of sp³-hybridized carbons (Fsp3) is 0. The average Bonchev–Trinajstić information content (AvgIpc) is 2.48. The van der Waals surface area contributed by atoms with E-state index in [0.29, 0.717) is 5.52 Å². The molecule has 2 rings (SSSR count). The number of hydrogen-bond acceptors (Lipinski definition) is 4. The van der Waals surface area contributed by atoms with Gasteiger partial charge in [0.15, 0.2) is 0 Å². The Balaban J connectivity index is 0.000000980. The van der Waals surface area contributed by atoms with Gasteiger partial charge in [0.2, 0.25) is 0 Å². The molecule has 14 heavy (non-hydrogen) atoms. The summed E-state index contributed by atoms with van der Waals surface area (Å²) >= 11 is 0. The summed E-state index contributed by atoms with van der Waals surface area (Å²) in [7, 11) is -4.22. The third-order valence-corrected chi connectivity index (χ3v) is 2.48. The standard InChI is InChI=1S/C6H5N3O3S.Ag/c10-13(11,12)5-3-1-2-4-6(5)8-9-7-4;/h1-3H,(H,7,8,9)(H,10,11,12);. The van der Waals surface area contributed by atoms with Gasteiger partial charge in [-0.25, -0.2) is 0 Å². The number of rotatable bonds is 1. The van der Waals surface area contributed by atoms with Crippen LogP contribution in [0.4, 0.5) is 0 Å². The zero-order chi connectivity index (χ0) is 9.47. The summed E-state index contributed by atoms with van der Waals surface area (Å²) in [6.07, 6.45) is 0. The molecule has 0 unspecified atom stereocenters. The van der Waals surface area contributed by atoms with Crippen LogP contribution in [0.25, 0.3) is 11.0 Å². The van der Waals surface area contributed by atoms with Crippen LogP contribution in [0.1, 0.15) is 0 Å². The van der Waals surface area contributed by atoms with E-state index in [4.69, 9.17) is 4.55 Å². The maximum Gasteiger partial charge on any atom is 0.296 e. The Bertz CT molecular complexity index is 550. The van der Waals surface area contributed by atoms with Crippen molar-refractivity contribution in [1.82, 2.24) is 15.4 Å². The zero-order valence-electron chi connectivity index (χ0n) is 6.60. The van der Waals surface area contributed by atoms with E-state index in [1.165, 1.54) is 12.1 Å². The molecule has 1 radical (unpaired) electrons. The van der Waals surface area contributed by atoms with Crippen molar-refractivity contribution >= 4 is 21.2 Å². The average molecular weight is 307 g/mol. The van der Waals surface area contributed by atoms with Crippen molar-refractivity contribution < 1.29 is 35.4 Å². The molecule has 6 nitrogen and oxygen atoms in total. The summed E-state index contributed by atoms with van der Waals surface area (Å²) in [4.78, 5) is -0.237. The second-order valence-electron chi connectivity index (χ2n) is 2.44. The second kappa shape index (κ2) is 3.79. The van der Waals surface area contributed by atoms with Gasteiger partial charge in [0.05, 0.1) is 5.52 Å². The molecule has 0 atom stereocenters. The number of nitrogens with one attached hydrogen (secondary N) is 1. The van der Waals surface area contributed by atoms with E-state index < -0.39 is 10.1 Å². The maximum absolute atomic E-state index is 10.8. The van der Waals surface area contributed by atoms with Gasteiger partial charge in [0.25, 0.3) is 10.1 Å². The fourth-order valence-electron chi connectivity index (χ4n) is 1.05. The van der Waals surface area contributed by atoms with Gasteiger partial charge in [-0.05, 0) is 12.1 Å². The Kier molecular flexibility index (Phi) is 3.07. The summed E-state index contributed by atoms with van der Waals surface area (Å²) < 4.78 is 30.4. The summed E-state index contributed by atoms with van der Waals surface area (Å²) in [5, 5.41) is 9.46. The van der Waals surface area contributed by atoms with Gasteiger partial charge < -0.3 is 0 Å². The molecule has 1 heterocycles. The van der Waals surface area contributed by atoms with E-state index in [1.54, 1.807) is 6.07 Å². The number of hydrogen-bond donors (Lipinski definition) is 2. The minimum Gasteiger partial charge on any atom is -0.282 e. The molecule has 1 aromatic carbocycles. The first-order chi connectivity index (χ1) is 6.09. The summed E-state index contributed by atoms with van der Waals surface area (Å²) in [6, 6.07) is 4.37. The van der Waals surface area contributed by atoms with Gasteiger partial charge in [-0.1, -0.05) is 11.3 Å². The molecule has 0 aliphatic rings. The number of nitrogens with zero attached hydrogens (tertiary/aromatic N) is 2. The molecule has 0 spiro atoms. The molecule has 0 saturated carbocycles. The quantitative estimate of drug-likeness (QED) is 0.580. The molecule has 0 aliphatic carbocycles. The third kappa shape index (κ3) is 1.86. The van der Waals surface area contributed by atoms with Crippen molar-refractivity contribution in [3.8, 4) is 0 Å². The summed E-state index contributed by atoms with van der Waals surface area (Å²) in [6.45, 7) is 0. The molecule has 2 aromatic rings. The van der Waals surface area contributed by atoms with Crippen LogP contribution in [-0.2, 0) is 32.5 Å². The van der Waals surface area contributed by atoms with Gasteiger partial charge >= 0.3 is 0 Å². The summed E-state index contributed by atoms with van der Waals surface area (Å²) in [5.74, 6) is 0. The second-order valence-corrected chi connectivity index (χ2v) is 3.83. The Morgan fingerprint density at radius 2 is 2.07 bits per heavy atom. The molecule has 0 aliphatic heterocycles. The van der Waals surface area contributed by atoms with Gasteiger partial charge in [0, 0.05) is 22.4 Å². The first-order valence-corrected chi connectivity index (χ1v) is 4.80. The number of H-pyrrole nitrogens is 1. The van der Waals surface area contributed by atoms with Crippen LogP contribution in [0.15, 0.2) is 23.1 Å². The Morgan fingerprint density at radius 1 is 1.36 bits per heavy atom. The smallest absolute Gasteiger partial charge is 0.282 e. The van der Waals surface area contributed by atoms with Crippen LogP contribution in [0, 0.1) is 0 Å². The molecule has 8 heteroatoms. The summed E-state index contributed by atoms with van der Waals surface area (Å²) in [5.41, 5.74) is 0.611. The molecule has 79 valence electrons. The predicted octanol–water partition coefficient (Wildman–Crippen LogP) is 0.202. The van der Waals surface area contributed by atoms with Crippen LogP contribution >= 0.6 is 0 Å². The van der Waals surface area contributed by atoms with Gasteiger partial charge in [-0.15, -0.1) is 5.10 Å². The van der Waals surface area contributed by atoms with E-state index in [2.05, 4.69) is 15.4 Å². The molecule has 0 fully saturated rings. The van der Waals surface area contributed by atoms with Crippen molar-refractivity contribution in [1.29, 1.82) is 0 Å². The number of benzene rings is 1.